The first-order valence-electron chi connectivity index (χ1n) is 5.47. The average molecular weight is 270 g/mol. The minimum absolute atomic E-state index is 0.201. The third-order valence-corrected chi connectivity index (χ3v) is 2.79. The summed E-state index contributed by atoms with van der Waals surface area (Å²) >= 11 is 0. The van der Waals surface area contributed by atoms with Crippen molar-refractivity contribution in [2.75, 3.05) is 0 Å². The van der Waals surface area contributed by atoms with E-state index in [2.05, 4.69) is 0 Å². The van der Waals surface area contributed by atoms with Crippen LogP contribution in [0.2, 0.25) is 0 Å². The van der Waals surface area contributed by atoms with E-state index in [0.717, 1.165) is 0 Å². The summed E-state index contributed by atoms with van der Waals surface area (Å²) in [5.41, 5.74) is -1.09. The molecule has 96 valence electrons. The largest absolute Gasteiger partial charge is 0.448 e. The van der Waals surface area contributed by atoms with Crippen molar-refractivity contribution in [2.45, 2.75) is 0 Å². The molecular weight excluding hydrogens is 266 g/mol. The highest BCUT2D eigenvalue weighted by Gasteiger charge is 2.31. The molecule has 0 aliphatic carbocycles. The van der Waals surface area contributed by atoms with E-state index >= 15 is 0 Å². The van der Waals surface area contributed by atoms with Crippen LogP contribution in [0.1, 0.15) is 11.1 Å². The fourth-order valence-electron chi connectivity index (χ4n) is 1.88. The Kier molecular flexibility index (Phi) is 2.52. The summed E-state index contributed by atoms with van der Waals surface area (Å²) < 4.78 is 38.2. The first-order chi connectivity index (χ1) is 9.67. The van der Waals surface area contributed by atoms with E-state index in [-0.39, 0.29) is 17.2 Å². The SMILES string of the molecule is N#Cc1c(F)c(F)c2c(c1C#N)Oc1ccccc1O2. The van der Waals surface area contributed by atoms with Crippen LogP contribution in [0.15, 0.2) is 24.3 Å². The molecule has 0 bridgehead atoms. The molecule has 3 rings (SSSR count). The average Bonchev–Trinajstić information content (AvgIpc) is 2.49. The van der Waals surface area contributed by atoms with Gasteiger partial charge in [0.15, 0.2) is 23.1 Å². The highest BCUT2D eigenvalue weighted by Crippen LogP contribution is 2.49. The predicted octanol–water partition coefficient (Wildman–Crippen LogP) is 3.61. The van der Waals surface area contributed by atoms with Crippen molar-refractivity contribution in [1.29, 1.82) is 10.5 Å². The Morgan fingerprint density at radius 3 is 1.90 bits per heavy atom. The normalized spacial score (nSPS) is 11.2. The molecule has 0 amide bonds. The Balaban J connectivity index is 2.32. The lowest BCUT2D eigenvalue weighted by molar-refractivity contribution is 0.332. The van der Waals surface area contributed by atoms with Crippen LogP contribution in [0.5, 0.6) is 23.0 Å². The summed E-state index contributed by atoms with van der Waals surface area (Å²) in [6.45, 7) is 0. The third kappa shape index (κ3) is 1.49. The molecule has 0 saturated carbocycles. The Morgan fingerprint density at radius 2 is 1.35 bits per heavy atom. The molecule has 1 heterocycles. The van der Waals surface area contributed by atoms with E-state index in [1.807, 2.05) is 0 Å². The number of nitriles is 2. The number of benzene rings is 2. The molecular formula is C14H4F2N2O2. The van der Waals surface area contributed by atoms with Gasteiger partial charge >= 0.3 is 0 Å². The molecule has 6 heteroatoms. The maximum atomic E-state index is 13.9. The highest BCUT2D eigenvalue weighted by atomic mass is 19.2. The van der Waals surface area contributed by atoms with Gasteiger partial charge in [-0.05, 0) is 12.1 Å². The van der Waals surface area contributed by atoms with E-state index in [1.165, 1.54) is 12.1 Å². The van der Waals surface area contributed by atoms with Gasteiger partial charge in [0.1, 0.15) is 23.3 Å². The van der Waals surface area contributed by atoms with Gasteiger partial charge < -0.3 is 9.47 Å². The van der Waals surface area contributed by atoms with Crippen LogP contribution in [0, 0.1) is 34.3 Å². The third-order valence-electron chi connectivity index (χ3n) is 2.79. The highest BCUT2D eigenvalue weighted by molar-refractivity contribution is 5.66. The smallest absolute Gasteiger partial charge is 0.210 e. The summed E-state index contributed by atoms with van der Waals surface area (Å²) in [4.78, 5) is 0. The van der Waals surface area contributed by atoms with Gasteiger partial charge in [0, 0.05) is 0 Å². The van der Waals surface area contributed by atoms with Gasteiger partial charge in [-0.1, -0.05) is 12.1 Å². The van der Waals surface area contributed by atoms with Gasteiger partial charge in [-0.15, -0.1) is 0 Å². The fraction of sp³-hybridized carbons (Fsp3) is 0. The maximum Gasteiger partial charge on any atom is 0.210 e. The lowest BCUT2D eigenvalue weighted by Crippen LogP contribution is -2.07. The van der Waals surface area contributed by atoms with Gasteiger partial charge in [0.2, 0.25) is 11.6 Å². The molecule has 0 spiro atoms. The zero-order valence-corrected chi connectivity index (χ0v) is 9.78. The standard InChI is InChI=1S/C14H4F2N2O2/c15-11-7(5-17)8(6-18)13-14(12(11)16)20-10-4-2-1-3-9(10)19-13/h1-4H. The monoisotopic (exact) mass is 270 g/mol. The lowest BCUT2D eigenvalue weighted by atomic mass is 10.1. The molecule has 0 aromatic heterocycles. The van der Waals surface area contributed by atoms with E-state index in [4.69, 9.17) is 20.0 Å². The molecule has 1 aliphatic rings. The van der Waals surface area contributed by atoms with Crippen LogP contribution in [0.3, 0.4) is 0 Å². The summed E-state index contributed by atoms with van der Waals surface area (Å²) in [7, 11) is 0. The second-order valence-corrected chi connectivity index (χ2v) is 3.91. The van der Waals surface area contributed by atoms with Crippen molar-refractivity contribution in [3.8, 4) is 35.1 Å². The van der Waals surface area contributed by atoms with E-state index in [0.29, 0.717) is 0 Å². The molecule has 0 fully saturated rings. The van der Waals surface area contributed by atoms with E-state index in [9.17, 15) is 8.78 Å². The summed E-state index contributed by atoms with van der Waals surface area (Å²) in [5, 5.41) is 17.9. The van der Waals surface area contributed by atoms with Crippen LogP contribution >= 0.6 is 0 Å². The number of fused-ring (bicyclic) bond motifs is 2. The van der Waals surface area contributed by atoms with Crippen molar-refractivity contribution in [1.82, 2.24) is 0 Å². The number of hydrogen-bond acceptors (Lipinski definition) is 4. The first-order valence-corrected chi connectivity index (χ1v) is 5.47. The quantitative estimate of drug-likeness (QED) is 0.626. The molecule has 0 unspecified atom stereocenters. The maximum absolute atomic E-state index is 13.9. The zero-order chi connectivity index (χ0) is 14.3. The Labute approximate surface area is 112 Å². The van der Waals surface area contributed by atoms with Gasteiger partial charge in [0.25, 0.3) is 0 Å². The van der Waals surface area contributed by atoms with Crippen LogP contribution in [-0.2, 0) is 0 Å². The van der Waals surface area contributed by atoms with Crippen molar-refractivity contribution in [3.05, 3.63) is 47.0 Å². The second kappa shape index (κ2) is 4.22. The van der Waals surface area contributed by atoms with Crippen molar-refractivity contribution < 1.29 is 18.3 Å². The minimum Gasteiger partial charge on any atom is -0.448 e. The van der Waals surface area contributed by atoms with E-state index < -0.39 is 28.5 Å². The van der Waals surface area contributed by atoms with Gasteiger partial charge in [-0.3, -0.25) is 0 Å². The lowest BCUT2D eigenvalue weighted by Gasteiger charge is -2.22. The van der Waals surface area contributed by atoms with Crippen molar-refractivity contribution in [3.63, 3.8) is 0 Å². The van der Waals surface area contributed by atoms with Gasteiger partial charge in [0.05, 0.1) is 0 Å². The number of halogens is 2. The number of para-hydroxylation sites is 2. The van der Waals surface area contributed by atoms with Gasteiger partial charge in [-0.25, -0.2) is 4.39 Å². The van der Waals surface area contributed by atoms with Crippen molar-refractivity contribution in [2.24, 2.45) is 0 Å². The van der Waals surface area contributed by atoms with E-state index in [1.54, 1.807) is 24.3 Å². The van der Waals surface area contributed by atoms with Crippen molar-refractivity contribution >= 4 is 0 Å². The molecule has 4 nitrogen and oxygen atoms in total. The Morgan fingerprint density at radius 1 is 0.800 bits per heavy atom. The summed E-state index contributed by atoms with van der Waals surface area (Å²) in [6.07, 6.45) is 0. The second-order valence-electron chi connectivity index (χ2n) is 3.91. The molecule has 0 radical (unpaired) electrons. The van der Waals surface area contributed by atoms with Crippen LogP contribution in [-0.4, -0.2) is 0 Å². The first kappa shape index (κ1) is 11.9. The number of ether oxygens (including phenoxy) is 2. The zero-order valence-electron chi connectivity index (χ0n) is 9.78. The molecule has 2 aromatic rings. The number of hydrogen-bond donors (Lipinski definition) is 0. The summed E-state index contributed by atoms with van der Waals surface area (Å²) in [6, 6.07) is 9.45. The molecule has 0 N–H and O–H groups in total. The minimum atomic E-state index is -1.43. The fourth-order valence-corrected chi connectivity index (χ4v) is 1.88. The van der Waals surface area contributed by atoms with Crippen LogP contribution in [0.4, 0.5) is 8.78 Å². The Bertz CT molecular complexity index is 819. The van der Waals surface area contributed by atoms with Crippen LogP contribution < -0.4 is 9.47 Å². The molecule has 0 saturated heterocycles. The summed E-state index contributed by atoms with van der Waals surface area (Å²) in [5.74, 6) is -3.15. The predicted molar refractivity (Wildman–Crippen MR) is 62.4 cm³/mol. The molecule has 20 heavy (non-hydrogen) atoms. The number of rotatable bonds is 0. The topological polar surface area (TPSA) is 66.0 Å². The van der Waals surface area contributed by atoms with Crippen LogP contribution in [0.25, 0.3) is 0 Å². The molecule has 0 atom stereocenters. The molecule has 2 aromatic carbocycles. The number of nitrogens with zero attached hydrogens (tertiary/aromatic N) is 2. The molecule has 1 aliphatic heterocycles. The Hall–Kier alpha value is -3.12. The van der Waals surface area contributed by atoms with Gasteiger partial charge in [-0.2, -0.15) is 14.9 Å².